The first-order chi connectivity index (χ1) is 12.9. The van der Waals surface area contributed by atoms with Crippen LogP contribution in [0.3, 0.4) is 0 Å². The SMILES string of the molecule is COC(=O)C(C)(C)NC(=O)c1nn(C2=CN=CC=CN2)c2c1CC[C@@H]1C[C@H]21. The van der Waals surface area contributed by atoms with E-state index in [1.54, 1.807) is 43.2 Å². The molecule has 2 N–H and O–H groups in total. The van der Waals surface area contributed by atoms with Crippen molar-refractivity contribution in [2.75, 3.05) is 7.11 Å². The third kappa shape index (κ3) is 3.05. The van der Waals surface area contributed by atoms with Gasteiger partial charge >= 0.3 is 5.97 Å². The van der Waals surface area contributed by atoms with E-state index in [0.29, 0.717) is 23.4 Å². The van der Waals surface area contributed by atoms with Crippen molar-refractivity contribution in [1.82, 2.24) is 20.4 Å². The van der Waals surface area contributed by atoms with E-state index >= 15 is 0 Å². The second-order valence-corrected chi connectivity index (χ2v) is 7.65. The molecule has 1 aromatic rings. The van der Waals surface area contributed by atoms with E-state index in [-0.39, 0.29) is 5.91 Å². The molecule has 0 bridgehead atoms. The van der Waals surface area contributed by atoms with Crippen molar-refractivity contribution in [3.05, 3.63) is 35.4 Å². The number of nitrogens with zero attached hydrogens (tertiary/aromatic N) is 3. The second kappa shape index (κ2) is 6.37. The molecule has 0 aromatic carbocycles. The summed E-state index contributed by atoms with van der Waals surface area (Å²) in [5, 5.41) is 10.5. The topological polar surface area (TPSA) is 97.6 Å². The molecule has 2 heterocycles. The molecule has 142 valence electrons. The highest BCUT2D eigenvalue weighted by molar-refractivity contribution is 5.98. The van der Waals surface area contributed by atoms with Crippen LogP contribution in [0.1, 0.15) is 54.4 Å². The zero-order chi connectivity index (χ0) is 19.2. The van der Waals surface area contributed by atoms with Crippen molar-refractivity contribution in [2.24, 2.45) is 10.9 Å². The Balaban J connectivity index is 1.72. The van der Waals surface area contributed by atoms with Gasteiger partial charge in [0.15, 0.2) is 5.69 Å². The Hall–Kier alpha value is -2.90. The number of carbonyl (C=O) groups excluding carboxylic acids is 2. The summed E-state index contributed by atoms with van der Waals surface area (Å²) in [5.41, 5.74) is 1.28. The summed E-state index contributed by atoms with van der Waals surface area (Å²) in [6, 6.07) is 0. The fourth-order valence-electron chi connectivity index (χ4n) is 3.83. The molecule has 2 aliphatic carbocycles. The number of fused-ring (bicyclic) bond motifs is 3. The van der Waals surface area contributed by atoms with Gasteiger partial charge in [0.2, 0.25) is 0 Å². The molecule has 0 saturated heterocycles. The van der Waals surface area contributed by atoms with E-state index in [0.717, 1.165) is 30.5 Å². The van der Waals surface area contributed by atoms with Crippen molar-refractivity contribution >= 4 is 23.9 Å². The van der Waals surface area contributed by atoms with E-state index in [2.05, 4.69) is 20.7 Å². The summed E-state index contributed by atoms with van der Waals surface area (Å²) in [5.74, 6) is 0.929. The Bertz CT molecular complexity index is 893. The number of hydrogen-bond acceptors (Lipinski definition) is 6. The van der Waals surface area contributed by atoms with Crippen molar-refractivity contribution in [3.8, 4) is 0 Å². The number of rotatable bonds is 4. The summed E-state index contributed by atoms with van der Waals surface area (Å²) < 4.78 is 6.58. The zero-order valence-corrected chi connectivity index (χ0v) is 15.7. The summed E-state index contributed by atoms with van der Waals surface area (Å²) in [4.78, 5) is 29.1. The minimum absolute atomic E-state index is 0.368. The van der Waals surface area contributed by atoms with E-state index in [1.807, 2.05) is 0 Å². The van der Waals surface area contributed by atoms with Crippen molar-refractivity contribution in [1.29, 1.82) is 0 Å². The van der Waals surface area contributed by atoms with Gasteiger partial charge in [0.05, 0.1) is 19.0 Å². The van der Waals surface area contributed by atoms with Gasteiger partial charge in [-0.3, -0.25) is 9.79 Å². The molecule has 8 heteroatoms. The van der Waals surface area contributed by atoms with E-state index in [9.17, 15) is 9.59 Å². The number of aliphatic imine (C=N–C) groups is 1. The van der Waals surface area contributed by atoms with Gasteiger partial charge in [0.25, 0.3) is 5.91 Å². The van der Waals surface area contributed by atoms with Crippen LogP contribution in [0.2, 0.25) is 0 Å². The highest BCUT2D eigenvalue weighted by Gasteiger charge is 2.47. The predicted octanol–water partition coefficient (Wildman–Crippen LogP) is 1.56. The van der Waals surface area contributed by atoms with Gasteiger partial charge in [-0.05, 0) is 45.1 Å². The molecule has 2 atom stereocenters. The lowest BCUT2D eigenvalue weighted by molar-refractivity contribution is -0.146. The van der Waals surface area contributed by atoms with Crippen molar-refractivity contribution < 1.29 is 14.3 Å². The van der Waals surface area contributed by atoms with E-state index in [1.165, 1.54) is 7.11 Å². The van der Waals surface area contributed by atoms with Crippen LogP contribution in [-0.4, -0.2) is 40.5 Å². The van der Waals surface area contributed by atoms with Gasteiger partial charge in [0, 0.05) is 23.9 Å². The normalized spacial score (nSPS) is 22.7. The monoisotopic (exact) mass is 369 g/mol. The Morgan fingerprint density at radius 1 is 1.41 bits per heavy atom. The number of hydrogen-bond donors (Lipinski definition) is 2. The lowest BCUT2D eigenvalue weighted by Gasteiger charge is -2.22. The number of ether oxygens (including phenoxy) is 1. The van der Waals surface area contributed by atoms with Crippen LogP contribution in [0, 0.1) is 5.92 Å². The Morgan fingerprint density at radius 3 is 3.00 bits per heavy atom. The van der Waals surface area contributed by atoms with Gasteiger partial charge in [-0.25, -0.2) is 9.48 Å². The zero-order valence-electron chi connectivity index (χ0n) is 15.7. The van der Waals surface area contributed by atoms with E-state index < -0.39 is 11.5 Å². The standard InChI is InChI=1S/C19H23N5O3/c1-19(2,18(26)27-3)22-17(25)15-12-6-5-11-9-13(11)16(12)24(23-15)14-10-20-7-4-8-21-14/h4,7-8,10-11,13,21H,5-6,9H2,1-3H3,(H,22,25)/t11-,13+/m1/s1. The Labute approximate surface area is 157 Å². The molecule has 8 nitrogen and oxygen atoms in total. The molecule has 0 unspecified atom stereocenters. The summed E-state index contributed by atoms with van der Waals surface area (Å²) >= 11 is 0. The summed E-state index contributed by atoms with van der Waals surface area (Å²) in [6.07, 6.45) is 9.95. The first-order valence-electron chi connectivity index (χ1n) is 9.10. The van der Waals surface area contributed by atoms with Gasteiger partial charge in [-0.15, -0.1) is 0 Å². The first kappa shape index (κ1) is 17.5. The minimum Gasteiger partial charge on any atom is -0.467 e. The molecule has 0 radical (unpaired) electrons. The van der Waals surface area contributed by atoms with Gasteiger partial charge in [-0.1, -0.05) is 0 Å². The maximum atomic E-state index is 13.0. The highest BCUT2D eigenvalue weighted by atomic mass is 16.5. The Morgan fingerprint density at radius 2 is 2.22 bits per heavy atom. The van der Waals surface area contributed by atoms with Crippen LogP contribution in [0.15, 0.2) is 23.5 Å². The summed E-state index contributed by atoms with van der Waals surface area (Å²) in [7, 11) is 1.30. The number of amides is 1. The maximum Gasteiger partial charge on any atom is 0.330 e. The van der Waals surface area contributed by atoms with Gasteiger partial charge in [0.1, 0.15) is 11.4 Å². The van der Waals surface area contributed by atoms with Crippen LogP contribution in [0.5, 0.6) is 0 Å². The predicted molar refractivity (Wildman–Crippen MR) is 100.0 cm³/mol. The van der Waals surface area contributed by atoms with Crippen LogP contribution in [0.4, 0.5) is 0 Å². The van der Waals surface area contributed by atoms with Gasteiger partial charge in [-0.2, -0.15) is 5.10 Å². The average Bonchev–Trinajstić information content (AvgIpc) is 3.39. The van der Waals surface area contributed by atoms with Crippen LogP contribution < -0.4 is 10.6 Å². The third-order valence-corrected chi connectivity index (χ3v) is 5.32. The molecule has 3 aliphatic rings. The molecule has 1 saturated carbocycles. The number of allylic oxidation sites excluding steroid dienone is 1. The van der Waals surface area contributed by atoms with E-state index in [4.69, 9.17) is 4.74 Å². The molecule has 1 fully saturated rings. The minimum atomic E-state index is -1.13. The quantitative estimate of drug-likeness (QED) is 0.785. The molecule has 1 aromatic heterocycles. The number of nitrogens with one attached hydrogen (secondary N) is 2. The number of aromatic nitrogens is 2. The number of esters is 1. The molecule has 0 spiro atoms. The van der Waals surface area contributed by atoms with Crippen LogP contribution in [-0.2, 0) is 16.0 Å². The maximum absolute atomic E-state index is 13.0. The van der Waals surface area contributed by atoms with Gasteiger partial charge < -0.3 is 15.4 Å². The fraction of sp³-hybridized carbons (Fsp3) is 0.474. The lowest BCUT2D eigenvalue weighted by Crippen LogP contribution is -2.50. The molecule has 1 amide bonds. The molecule has 1 aliphatic heterocycles. The average molecular weight is 369 g/mol. The fourth-order valence-corrected chi connectivity index (χ4v) is 3.83. The lowest BCUT2D eigenvalue weighted by atomic mass is 9.95. The summed E-state index contributed by atoms with van der Waals surface area (Å²) in [6.45, 7) is 3.23. The molecule has 4 rings (SSSR count). The smallest absolute Gasteiger partial charge is 0.330 e. The molecular weight excluding hydrogens is 346 g/mol. The highest BCUT2D eigenvalue weighted by Crippen LogP contribution is 2.55. The van der Waals surface area contributed by atoms with Crippen molar-refractivity contribution in [2.45, 2.75) is 44.6 Å². The first-order valence-corrected chi connectivity index (χ1v) is 9.10. The molecular formula is C19H23N5O3. The van der Waals surface area contributed by atoms with Crippen LogP contribution >= 0.6 is 0 Å². The largest absolute Gasteiger partial charge is 0.467 e. The number of methoxy groups -OCH3 is 1. The van der Waals surface area contributed by atoms with Crippen molar-refractivity contribution in [3.63, 3.8) is 0 Å². The molecule has 27 heavy (non-hydrogen) atoms. The third-order valence-electron chi connectivity index (χ3n) is 5.32. The Kier molecular flexibility index (Phi) is 4.13. The van der Waals surface area contributed by atoms with Crippen LogP contribution in [0.25, 0.3) is 5.82 Å². The second-order valence-electron chi connectivity index (χ2n) is 7.65. The number of carbonyl (C=O) groups is 2.